The standard InChI is InChI=1S/C22H28N2O4/c1-4-27-16-11-9-15(10-12-16)13-22(2,3)23-14-18(25)20-21(26)24-17-7-5-6-8-19(17)28-20/h5-12,18,20,23,25H,4,13-14H2,1-3H3,(H,24,26). The van der Waals surface area contributed by atoms with E-state index in [9.17, 15) is 9.90 Å². The molecule has 0 spiro atoms. The van der Waals surface area contributed by atoms with Crippen LogP contribution in [-0.2, 0) is 11.2 Å². The number of carbonyl (C=O) groups excluding carboxylic acids is 1. The largest absolute Gasteiger partial charge is 0.494 e. The van der Waals surface area contributed by atoms with Gasteiger partial charge in [0.05, 0.1) is 12.3 Å². The van der Waals surface area contributed by atoms with Crippen molar-refractivity contribution in [3.05, 3.63) is 54.1 Å². The van der Waals surface area contributed by atoms with E-state index >= 15 is 0 Å². The number of ether oxygens (including phenoxy) is 2. The quantitative estimate of drug-likeness (QED) is 0.652. The van der Waals surface area contributed by atoms with Gasteiger partial charge in [0.25, 0.3) is 5.91 Å². The van der Waals surface area contributed by atoms with Crippen LogP contribution >= 0.6 is 0 Å². The lowest BCUT2D eigenvalue weighted by molar-refractivity contribution is -0.128. The third-order valence-corrected chi connectivity index (χ3v) is 4.68. The molecule has 0 saturated carbocycles. The fourth-order valence-electron chi connectivity index (χ4n) is 3.25. The first kappa shape index (κ1) is 20.2. The SMILES string of the molecule is CCOc1ccc(CC(C)(C)NCC(O)C2Oc3ccccc3NC2=O)cc1. The van der Waals surface area contributed by atoms with Crippen LogP contribution in [-0.4, -0.2) is 41.9 Å². The maximum Gasteiger partial charge on any atom is 0.268 e. The molecule has 3 N–H and O–H groups in total. The van der Waals surface area contributed by atoms with Gasteiger partial charge in [0.1, 0.15) is 17.6 Å². The summed E-state index contributed by atoms with van der Waals surface area (Å²) >= 11 is 0. The maximum atomic E-state index is 12.3. The Labute approximate surface area is 165 Å². The lowest BCUT2D eigenvalue weighted by Gasteiger charge is -2.32. The maximum absolute atomic E-state index is 12.3. The summed E-state index contributed by atoms with van der Waals surface area (Å²) in [5.74, 6) is 1.09. The number of fused-ring (bicyclic) bond motifs is 1. The van der Waals surface area contributed by atoms with Gasteiger partial charge in [-0.25, -0.2) is 0 Å². The molecule has 150 valence electrons. The van der Waals surface area contributed by atoms with Crippen molar-refractivity contribution in [3.8, 4) is 11.5 Å². The number of β-amino-alcohol motifs (C(OH)–C–C–N with tert-alkyl or cyclic N) is 1. The highest BCUT2D eigenvalue weighted by Crippen LogP contribution is 2.29. The monoisotopic (exact) mass is 384 g/mol. The summed E-state index contributed by atoms with van der Waals surface area (Å²) in [6.45, 7) is 6.97. The van der Waals surface area contributed by atoms with Gasteiger partial charge in [-0.1, -0.05) is 24.3 Å². The zero-order valence-corrected chi connectivity index (χ0v) is 16.6. The van der Waals surface area contributed by atoms with E-state index in [0.717, 1.165) is 17.7 Å². The molecule has 0 aromatic heterocycles. The Bertz CT molecular complexity index is 804. The number of para-hydroxylation sites is 2. The van der Waals surface area contributed by atoms with E-state index in [1.165, 1.54) is 0 Å². The molecular formula is C22H28N2O4. The van der Waals surface area contributed by atoms with Crippen molar-refractivity contribution in [3.63, 3.8) is 0 Å². The minimum atomic E-state index is -0.965. The Morgan fingerprint density at radius 2 is 1.93 bits per heavy atom. The molecule has 1 aliphatic rings. The molecule has 0 bridgehead atoms. The van der Waals surface area contributed by atoms with Crippen LogP contribution in [0, 0.1) is 0 Å². The molecule has 2 atom stereocenters. The first-order valence-electron chi connectivity index (χ1n) is 9.59. The molecule has 2 aromatic rings. The predicted octanol–water partition coefficient (Wildman–Crippen LogP) is 2.76. The van der Waals surface area contributed by atoms with E-state index in [2.05, 4.69) is 24.5 Å². The predicted molar refractivity (Wildman–Crippen MR) is 109 cm³/mol. The number of hydrogen-bond donors (Lipinski definition) is 3. The number of benzene rings is 2. The van der Waals surface area contributed by atoms with Crippen molar-refractivity contribution in [2.24, 2.45) is 0 Å². The van der Waals surface area contributed by atoms with Gasteiger partial charge in [0, 0.05) is 12.1 Å². The van der Waals surface area contributed by atoms with Crippen molar-refractivity contribution in [2.45, 2.75) is 44.9 Å². The van der Waals surface area contributed by atoms with E-state index in [0.29, 0.717) is 18.0 Å². The number of hydrogen-bond acceptors (Lipinski definition) is 5. The van der Waals surface area contributed by atoms with Crippen LogP contribution in [0.15, 0.2) is 48.5 Å². The summed E-state index contributed by atoms with van der Waals surface area (Å²) < 4.78 is 11.2. The summed E-state index contributed by atoms with van der Waals surface area (Å²) in [6, 6.07) is 15.2. The molecule has 1 heterocycles. The van der Waals surface area contributed by atoms with Gasteiger partial charge in [0.2, 0.25) is 6.10 Å². The third kappa shape index (κ3) is 5.03. The van der Waals surface area contributed by atoms with Gasteiger partial charge in [0.15, 0.2) is 0 Å². The normalized spacial score (nSPS) is 17.3. The molecule has 0 saturated heterocycles. The second-order valence-electron chi connectivity index (χ2n) is 7.61. The van der Waals surface area contributed by atoms with Crippen LogP contribution in [0.2, 0.25) is 0 Å². The van der Waals surface area contributed by atoms with Crippen LogP contribution < -0.4 is 20.1 Å². The Balaban J connectivity index is 1.55. The van der Waals surface area contributed by atoms with Crippen molar-refractivity contribution >= 4 is 11.6 Å². The highest BCUT2D eigenvalue weighted by Gasteiger charge is 2.34. The van der Waals surface area contributed by atoms with E-state index in [-0.39, 0.29) is 18.0 Å². The molecule has 0 radical (unpaired) electrons. The summed E-state index contributed by atoms with van der Waals surface area (Å²) in [4.78, 5) is 12.3. The second-order valence-corrected chi connectivity index (χ2v) is 7.61. The fourth-order valence-corrected chi connectivity index (χ4v) is 3.25. The molecule has 2 unspecified atom stereocenters. The first-order chi connectivity index (χ1) is 13.4. The molecule has 28 heavy (non-hydrogen) atoms. The van der Waals surface area contributed by atoms with Gasteiger partial charge < -0.3 is 25.2 Å². The highest BCUT2D eigenvalue weighted by atomic mass is 16.5. The van der Waals surface area contributed by atoms with Crippen molar-refractivity contribution in [1.29, 1.82) is 0 Å². The number of amides is 1. The smallest absolute Gasteiger partial charge is 0.268 e. The minimum absolute atomic E-state index is 0.240. The molecular weight excluding hydrogens is 356 g/mol. The molecule has 0 fully saturated rings. The topological polar surface area (TPSA) is 79.8 Å². The summed E-state index contributed by atoms with van der Waals surface area (Å²) in [5.41, 5.74) is 1.52. The van der Waals surface area contributed by atoms with Crippen LogP contribution in [0.1, 0.15) is 26.3 Å². The zero-order chi connectivity index (χ0) is 20.1. The average molecular weight is 384 g/mol. The van der Waals surface area contributed by atoms with E-state index in [1.807, 2.05) is 43.3 Å². The van der Waals surface area contributed by atoms with Crippen molar-refractivity contribution < 1.29 is 19.4 Å². The molecule has 0 aliphatic carbocycles. The van der Waals surface area contributed by atoms with Gasteiger partial charge in [-0.3, -0.25) is 4.79 Å². The first-order valence-corrected chi connectivity index (χ1v) is 9.59. The zero-order valence-electron chi connectivity index (χ0n) is 16.6. The number of anilines is 1. The fraction of sp³-hybridized carbons (Fsp3) is 0.409. The van der Waals surface area contributed by atoms with Gasteiger partial charge >= 0.3 is 0 Å². The number of aliphatic hydroxyl groups excluding tert-OH is 1. The van der Waals surface area contributed by atoms with Crippen molar-refractivity contribution in [2.75, 3.05) is 18.5 Å². The third-order valence-electron chi connectivity index (χ3n) is 4.68. The summed E-state index contributed by atoms with van der Waals surface area (Å²) in [7, 11) is 0. The lowest BCUT2D eigenvalue weighted by Crippen LogP contribution is -2.53. The Hall–Kier alpha value is -2.57. The summed E-state index contributed by atoms with van der Waals surface area (Å²) in [5, 5.41) is 16.7. The van der Waals surface area contributed by atoms with Crippen LogP contribution in [0.3, 0.4) is 0 Å². The second kappa shape index (κ2) is 8.63. The van der Waals surface area contributed by atoms with E-state index in [1.54, 1.807) is 12.1 Å². The summed E-state index contributed by atoms with van der Waals surface area (Å²) in [6.07, 6.45) is -1.14. The van der Waals surface area contributed by atoms with Crippen LogP contribution in [0.5, 0.6) is 11.5 Å². The van der Waals surface area contributed by atoms with Gasteiger partial charge in [-0.2, -0.15) is 0 Å². The van der Waals surface area contributed by atoms with E-state index in [4.69, 9.17) is 9.47 Å². The van der Waals surface area contributed by atoms with Crippen molar-refractivity contribution in [1.82, 2.24) is 5.32 Å². The molecule has 3 rings (SSSR count). The Morgan fingerprint density at radius 3 is 2.64 bits per heavy atom. The molecule has 6 heteroatoms. The number of rotatable bonds is 8. The number of aliphatic hydroxyl groups is 1. The number of nitrogens with one attached hydrogen (secondary N) is 2. The minimum Gasteiger partial charge on any atom is -0.494 e. The highest BCUT2D eigenvalue weighted by molar-refractivity contribution is 5.98. The average Bonchev–Trinajstić information content (AvgIpc) is 2.67. The molecule has 1 amide bonds. The molecule has 6 nitrogen and oxygen atoms in total. The van der Waals surface area contributed by atoms with E-state index < -0.39 is 12.2 Å². The molecule has 1 aliphatic heterocycles. The van der Waals surface area contributed by atoms with Crippen LogP contribution in [0.4, 0.5) is 5.69 Å². The van der Waals surface area contributed by atoms with Gasteiger partial charge in [-0.05, 0) is 57.0 Å². The Kier molecular flexibility index (Phi) is 6.21. The number of carbonyl (C=O) groups is 1. The Morgan fingerprint density at radius 1 is 1.21 bits per heavy atom. The molecule has 2 aromatic carbocycles. The van der Waals surface area contributed by atoms with Crippen LogP contribution in [0.25, 0.3) is 0 Å². The lowest BCUT2D eigenvalue weighted by atomic mass is 9.94. The van der Waals surface area contributed by atoms with Gasteiger partial charge in [-0.15, -0.1) is 0 Å².